The van der Waals surface area contributed by atoms with Gasteiger partial charge >= 0.3 is 5.97 Å². The van der Waals surface area contributed by atoms with E-state index in [9.17, 15) is 9.90 Å². The summed E-state index contributed by atoms with van der Waals surface area (Å²) in [4.78, 5) is 12.8. The summed E-state index contributed by atoms with van der Waals surface area (Å²) in [7, 11) is 0. The van der Waals surface area contributed by atoms with Crippen LogP contribution in [0.3, 0.4) is 0 Å². The fourth-order valence-corrected chi connectivity index (χ4v) is 3.44. The third kappa shape index (κ3) is 5.04. The lowest BCUT2D eigenvalue weighted by Crippen LogP contribution is -2.50. The lowest BCUT2D eigenvalue weighted by molar-refractivity contribution is -0.144. The molecule has 1 aliphatic carbocycles. The predicted octanol–water partition coefficient (Wildman–Crippen LogP) is 3.85. The highest BCUT2D eigenvalue weighted by Crippen LogP contribution is 2.27. The number of carboxylic acid groups (broad SMARTS) is 1. The van der Waals surface area contributed by atoms with Crippen molar-refractivity contribution in [1.29, 1.82) is 0 Å². The zero-order valence-corrected chi connectivity index (χ0v) is 13.7. The monoisotopic (exact) mass is 307 g/mol. The number of aliphatic carboxylic acids is 1. The van der Waals surface area contributed by atoms with E-state index in [-0.39, 0.29) is 0 Å². The molecule has 0 bridgehead atoms. The molecule has 1 aliphatic rings. The van der Waals surface area contributed by atoms with E-state index in [1.807, 2.05) is 18.7 Å². The number of aryl methyl sites for hydroxylation is 1. The largest absolute Gasteiger partial charge is 0.480 e. The van der Waals surface area contributed by atoms with Gasteiger partial charge in [0.05, 0.1) is 0 Å². The Hall–Kier alpha value is -1.00. The Morgan fingerprint density at radius 1 is 1.38 bits per heavy atom. The molecule has 0 spiro atoms. The van der Waals surface area contributed by atoms with Crippen LogP contribution in [-0.4, -0.2) is 28.4 Å². The van der Waals surface area contributed by atoms with Gasteiger partial charge in [0, 0.05) is 10.9 Å². The van der Waals surface area contributed by atoms with Crippen molar-refractivity contribution in [3.05, 3.63) is 29.8 Å². The predicted molar refractivity (Wildman–Crippen MR) is 88.0 cm³/mol. The summed E-state index contributed by atoms with van der Waals surface area (Å²) in [5.41, 5.74) is 0.558. The second-order valence-corrected chi connectivity index (χ2v) is 7.26. The van der Waals surface area contributed by atoms with E-state index >= 15 is 0 Å². The molecule has 4 heteroatoms. The molecule has 0 aliphatic heterocycles. The highest BCUT2D eigenvalue weighted by molar-refractivity contribution is 7.99. The fraction of sp³-hybridized carbons (Fsp3) is 0.588. The maximum Gasteiger partial charge on any atom is 0.323 e. The Bertz CT molecular complexity index is 487. The Morgan fingerprint density at radius 2 is 2.10 bits per heavy atom. The molecule has 2 N–H and O–H groups in total. The number of carboxylic acids is 1. The van der Waals surface area contributed by atoms with Crippen molar-refractivity contribution in [3.63, 3.8) is 0 Å². The van der Waals surface area contributed by atoms with Crippen molar-refractivity contribution in [3.8, 4) is 0 Å². The van der Waals surface area contributed by atoms with Gasteiger partial charge in [-0.2, -0.15) is 0 Å². The van der Waals surface area contributed by atoms with Crippen LogP contribution in [0.15, 0.2) is 29.2 Å². The summed E-state index contributed by atoms with van der Waals surface area (Å²) in [6.45, 7) is 3.95. The van der Waals surface area contributed by atoms with Crippen LogP contribution in [0.25, 0.3) is 0 Å². The van der Waals surface area contributed by atoms with Crippen molar-refractivity contribution in [2.24, 2.45) is 0 Å². The SMILES string of the molecule is Cc1ccccc1SCCCCC(C)(NC1CC1)C(=O)O. The summed E-state index contributed by atoms with van der Waals surface area (Å²) in [6.07, 6.45) is 4.93. The molecule has 3 nitrogen and oxygen atoms in total. The molecule has 0 aromatic heterocycles. The van der Waals surface area contributed by atoms with Gasteiger partial charge in [0.15, 0.2) is 0 Å². The highest BCUT2D eigenvalue weighted by Gasteiger charge is 2.37. The van der Waals surface area contributed by atoms with Gasteiger partial charge in [-0.05, 0) is 56.9 Å². The number of unbranched alkanes of at least 4 members (excludes halogenated alkanes) is 1. The summed E-state index contributed by atoms with van der Waals surface area (Å²) >= 11 is 1.86. The van der Waals surface area contributed by atoms with Crippen LogP contribution in [0.2, 0.25) is 0 Å². The minimum atomic E-state index is -0.755. The average Bonchev–Trinajstić information content (AvgIpc) is 3.24. The molecular weight excluding hydrogens is 282 g/mol. The normalized spacial score (nSPS) is 17.4. The van der Waals surface area contributed by atoms with Crippen molar-refractivity contribution in [1.82, 2.24) is 5.32 Å². The highest BCUT2D eigenvalue weighted by atomic mass is 32.2. The Balaban J connectivity index is 1.70. The van der Waals surface area contributed by atoms with Gasteiger partial charge in [0.25, 0.3) is 0 Å². The summed E-state index contributed by atoms with van der Waals surface area (Å²) in [5, 5.41) is 12.7. The van der Waals surface area contributed by atoms with Gasteiger partial charge < -0.3 is 5.11 Å². The van der Waals surface area contributed by atoms with E-state index in [0.717, 1.165) is 31.4 Å². The quantitative estimate of drug-likeness (QED) is 0.537. The molecule has 2 rings (SSSR count). The van der Waals surface area contributed by atoms with E-state index in [1.165, 1.54) is 10.5 Å². The van der Waals surface area contributed by atoms with E-state index in [2.05, 4.69) is 36.5 Å². The van der Waals surface area contributed by atoms with Gasteiger partial charge in [-0.15, -0.1) is 11.8 Å². The summed E-state index contributed by atoms with van der Waals surface area (Å²) in [6, 6.07) is 8.82. The first-order chi connectivity index (χ1) is 10.0. The van der Waals surface area contributed by atoms with Crippen LogP contribution in [0.4, 0.5) is 0 Å². The Morgan fingerprint density at radius 3 is 2.71 bits per heavy atom. The molecule has 1 saturated carbocycles. The van der Waals surface area contributed by atoms with Crippen LogP contribution in [0.1, 0.15) is 44.6 Å². The van der Waals surface area contributed by atoms with Crippen molar-refractivity contribution in [2.45, 2.75) is 62.4 Å². The van der Waals surface area contributed by atoms with Crippen LogP contribution < -0.4 is 5.32 Å². The van der Waals surface area contributed by atoms with Crippen LogP contribution in [-0.2, 0) is 4.79 Å². The molecule has 116 valence electrons. The summed E-state index contributed by atoms with van der Waals surface area (Å²) in [5.74, 6) is 0.324. The molecule has 1 fully saturated rings. The number of carbonyl (C=O) groups is 1. The van der Waals surface area contributed by atoms with E-state index in [4.69, 9.17) is 0 Å². The zero-order chi connectivity index (χ0) is 15.3. The number of nitrogens with one attached hydrogen (secondary N) is 1. The maximum atomic E-state index is 11.4. The number of thioether (sulfide) groups is 1. The number of benzene rings is 1. The molecule has 1 aromatic carbocycles. The molecule has 0 radical (unpaired) electrons. The van der Waals surface area contributed by atoms with E-state index in [0.29, 0.717) is 12.5 Å². The lowest BCUT2D eigenvalue weighted by Gasteiger charge is -2.26. The molecule has 1 atom stereocenters. The first kappa shape index (κ1) is 16.4. The van der Waals surface area contributed by atoms with E-state index < -0.39 is 11.5 Å². The topological polar surface area (TPSA) is 49.3 Å². The number of rotatable bonds is 9. The minimum absolute atomic E-state index is 0.424. The third-order valence-corrected chi connectivity index (χ3v) is 5.26. The van der Waals surface area contributed by atoms with Gasteiger partial charge in [0.2, 0.25) is 0 Å². The van der Waals surface area contributed by atoms with Gasteiger partial charge in [-0.3, -0.25) is 10.1 Å². The Labute approximate surface area is 131 Å². The van der Waals surface area contributed by atoms with Crippen LogP contribution in [0.5, 0.6) is 0 Å². The molecular formula is C17H25NO2S. The van der Waals surface area contributed by atoms with Gasteiger partial charge in [0.1, 0.15) is 5.54 Å². The van der Waals surface area contributed by atoms with Crippen molar-refractivity contribution in [2.75, 3.05) is 5.75 Å². The summed E-state index contributed by atoms with van der Waals surface area (Å²) < 4.78 is 0. The van der Waals surface area contributed by atoms with E-state index in [1.54, 1.807) is 0 Å². The van der Waals surface area contributed by atoms with Crippen molar-refractivity contribution >= 4 is 17.7 Å². The molecule has 1 unspecified atom stereocenters. The molecule has 0 saturated heterocycles. The van der Waals surface area contributed by atoms with Gasteiger partial charge in [-0.25, -0.2) is 0 Å². The maximum absolute atomic E-state index is 11.4. The number of hydrogen-bond acceptors (Lipinski definition) is 3. The molecule has 0 heterocycles. The molecule has 0 amide bonds. The van der Waals surface area contributed by atoms with Crippen molar-refractivity contribution < 1.29 is 9.90 Å². The van der Waals surface area contributed by atoms with Crippen LogP contribution in [0, 0.1) is 6.92 Å². The second kappa shape index (κ2) is 7.32. The first-order valence-corrected chi connectivity index (χ1v) is 8.69. The fourth-order valence-electron chi connectivity index (χ4n) is 2.40. The Kier molecular flexibility index (Phi) is 5.71. The third-order valence-electron chi connectivity index (χ3n) is 3.99. The minimum Gasteiger partial charge on any atom is -0.480 e. The van der Waals surface area contributed by atoms with Gasteiger partial charge in [-0.1, -0.05) is 24.6 Å². The smallest absolute Gasteiger partial charge is 0.323 e. The zero-order valence-electron chi connectivity index (χ0n) is 12.9. The first-order valence-electron chi connectivity index (χ1n) is 7.71. The standard InChI is InChI=1S/C17H25NO2S/c1-13-7-3-4-8-15(13)21-12-6-5-11-17(2,16(19)20)18-14-9-10-14/h3-4,7-8,14,18H,5-6,9-12H2,1-2H3,(H,19,20). The lowest BCUT2D eigenvalue weighted by atomic mass is 9.95. The molecule has 1 aromatic rings. The van der Waals surface area contributed by atoms with Crippen LogP contribution >= 0.6 is 11.8 Å². The molecule has 21 heavy (non-hydrogen) atoms. The average molecular weight is 307 g/mol. The second-order valence-electron chi connectivity index (χ2n) is 6.13. The number of hydrogen-bond donors (Lipinski definition) is 2.